The summed E-state index contributed by atoms with van der Waals surface area (Å²) in [6.45, 7) is 5.96. The Kier molecular flexibility index (Phi) is 4.07. The summed E-state index contributed by atoms with van der Waals surface area (Å²) in [5.74, 6) is 2.88. The molecule has 0 aromatic heterocycles. The second-order valence-corrected chi connectivity index (χ2v) is 4.58. The van der Waals surface area contributed by atoms with Crippen LogP contribution in [0.15, 0.2) is 0 Å². The lowest BCUT2D eigenvalue weighted by Gasteiger charge is -2.30. The maximum Gasteiger partial charge on any atom is -0.00235 e. The fraction of sp³-hybridized carbons (Fsp3) is 1.00. The van der Waals surface area contributed by atoms with Crippen molar-refractivity contribution in [1.82, 2.24) is 5.32 Å². The van der Waals surface area contributed by atoms with Gasteiger partial charge in [-0.05, 0) is 57.0 Å². The van der Waals surface area contributed by atoms with E-state index >= 15 is 0 Å². The minimum Gasteiger partial charge on any atom is -0.319 e. The molecule has 1 aliphatic rings. The van der Waals surface area contributed by atoms with Crippen molar-refractivity contribution in [2.24, 2.45) is 17.8 Å². The van der Waals surface area contributed by atoms with E-state index < -0.39 is 0 Å². The topological polar surface area (TPSA) is 12.0 Å². The predicted octanol–water partition coefficient (Wildman–Crippen LogP) is 2.67. The van der Waals surface area contributed by atoms with Gasteiger partial charge in [0.05, 0.1) is 0 Å². The smallest absolute Gasteiger partial charge is 0.00235 e. The van der Waals surface area contributed by atoms with Crippen LogP contribution < -0.4 is 5.32 Å². The van der Waals surface area contributed by atoms with Crippen LogP contribution in [0.2, 0.25) is 0 Å². The van der Waals surface area contributed by atoms with Gasteiger partial charge >= 0.3 is 0 Å². The lowest BCUT2D eigenvalue weighted by molar-refractivity contribution is 0.222. The Bertz CT molecular complexity index is 112. The monoisotopic (exact) mass is 169 g/mol. The van der Waals surface area contributed by atoms with Crippen molar-refractivity contribution in [2.45, 2.75) is 39.5 Å². The molecule has 1 aliphatic carbocycles. The first-order valence-electron chi connectivity index (χ1n) is 5.38. The van der Waals surface area contributed by atoms with Gasteiger partial charge in [0.15, 0.2) is 0 Å². The third-order valence-corrected chi connectivity index (χ3v) is 3.33. The summed E-state index contributed by atoms with van der Waals surface area (Å²) >= 11 is 0. The molecule has 0 atom stereocenters. The van der Waals surface area contributed by atoms with Crippen LogP contribution >= 0.6 is 0 Å². The van der Waals surface area contributed by atoms with Crippen LogP contribution in [0, 0.1) is 17.8 Å². The van der Waals surface area contributed by atoms with Crippen molar-refractivity contribution in [1.29, 1.82) is 0 Å². The fourth-order valence-corrected chi connectivity index (χ4v) is 2.35. The summed E-state index contributed by atoms with van der Waals surface area (Å²) in [5, 5.41) is 3.28. The largest absolute Gasteiger partial charge is 0.319 e. The summed E-state index contributed by atoms with van der Waals surface area (Å²) in [4.78, 5) is 0. The van der Waals surface area contributed by atoms with E-state index in [1.165, 1.54) is 32.2 Å². The molecule has 0 heterocycles. The van der Waals surface area contributed by atoms with Crippen LogP contribution in [0.3, 0.4) is 0 Å². The molecule has 0 aliphatic heterocycles. The van der Waals surface area contributed by atoms with Crippen molar-refractivity contribution in [2.75, 3.05) is 13.6 Å². The van der Waals surface area contributed by atoms with Crippen LogP contribution in [0.5, 0.6) is 0 Å². The predicted molar refractivity (Wildman–Crippen MR) is 54.2 cm³/mol. The van der Waals surface area contributed by atoms with E-state index in [9.17, 15) is 0 Å². The Morgan fingerprint density at radius 2 is 1.75 bits per heavy atom. The maximum atomic E-state index is 3.28. The Hall–Kier alpha value is -0.0400. The number of nitrogens with one attached hydrogen (secondary N) is 1. The molecule has 0 saturated heterocycles. The molecular formula is C11H23N. The Labute approximate surface area is 76.9 Å². The molecule has 1 fully saturated rings. The van der Waals surface area contributed by atoms with Crippen LogP contribution in [0.1, 0.15) is 39.5 Å². The normalized spacial score (nSPS) is 31.0. The van der Waals surface area contributed by atoms with Gasteiger partial charge in [-0.1, -0.05) is 13.8 Å². The summed E-state index contributed by atoms with van der Waals surface area (Å²) in [6.07, 6.45) is 5.82. The highest BCUT2D eigenvalue weighted by Gasteiger charge is 2.22. The second-order valence-electron chi connectivity index (χ2n) is 4.58. The van der Waals surface area contributed by atoms with Gasteiger partial charge in [-0.3, -0.25) is 0 Å². The van der Waals surface area contributed by atoms with E-state index in [1.54, 1.807) is 0 Å². The lowest BCUT2D eigenvalue weighted by atomic mass is 9.77. The molecule has 72 valence electrons. The number of hydrogen-bond acceptors (Lipinski definition) is 1. The van der Waals surface area contributed by atoms with Gasteiger partial charge in [-0.25, -0.2) is 0 Å². The number of rotatable bonds is 3. The molecule has 12 heavy (non-hydrogen) atoms. The van der Waals surface area contributed by atoms with Crippen LogP contribution in [-0.2, 0) is 0 Å². The summed E-state index contributed by atoms with van der Waals surface area (Å²) in [7, 11) is 2.06. The highest BCUT2D eigenvalue weighted by atomic mass is 14.8. The minimum atomic E-state index is 0.903. The SMILES string of the molecule is CNC[C@H]1CC[C@@H](C(C)C)CC1. The molecule has 1 nitrogen and oxygen atoms in total. The molecule has 0 unspecified atom stereocenters. The van der Waals surface area contributed by atoms with E-state index in [0.717, 1.165) is 17.8 Å². The Morgan fingerprint density at radius 1 is 1.17 bits per heavy atom. The van der Waals surface area contributed by atoms with E-state index in [2.05, 4.69) is 26.2 Å². The third-order valence-electron chi connectivity index (χ3n) is 3.33. The summed E-state index contributed by atoms with van der Waals surface area (Å²) < 4.78 is 0. The molecule has 1 heteroatoms. The van der Waals surface area contributed by atoms with Crippen molar-refractivity contribution >= 4 is 0 Å². The zero-order chi connectivity index (χ0) is 8.97. The Balaban J connectivity index is 2.20. The average molecular weight is 169 g/mol. The van der Waals surface area contributed by atoms with Crippen LogP contribution in [0.25, 0.3) is 0 Å². The zero-order valence-electron chi connectivity index (χ0n) is 8.77. The molecule has 0 aromatic carbocycles. The molecule has 1 rings (SSSR count). The molecule has 0 aromatic rings. The second kappa shape index (κ2) is 4.86. The van der Waals surface area contributed by atoms with Crippen molar-refractivity contribution in [3.63, 3.8) is 0 Å². The molecule has 0 amide bonds. The summed E-state index contributed by atoms with van der Waals surface area (Å²) in [6, 6.07) is 0. The quantitative estimate of drug-likeness (QED) is 0.685. The van der Waals surface area contributed by atoms with Gasteiger partial charge < -0.3 is 5.32 Å². The first kappa shape index (κ1) is 10.0. The molecule has 1 saturated carbocycles. The van der Waals surface area contributed by atoms with Crippen LogP contribution in [-0.4, -0.2) is 13.6 Å². The molecule has 0 radical (unpaired) electrons. The first-order chi connectivity index (χ1) is 5.74. The van der Waals surface area contributed by atoms with Gasteiger partial charge in [0, 0.05) is 0 Å². The lowest BCUT2D eigenvalue weighted by Crippen LogP contribution is -2.25. The average Bonchev–Trinajstić information content (AvgIpc) is 2.06. The third kappa shape index (κ3) is 2.78. The first-order valence-corrected chi connectivity index (χ1v) is 5.38. The highest BCUT2D eigenvalue weighted by Crippen LogP contribution is 2.32. The molecule has 0 bridgehead atoms. The zero-order valence-corrected chi connectivity index (χ0v) is 8.77. The Morgan fingerprint density at radius 3 is 2.17 bits per heavy atom. The number of hydrogen-bond donors (Lipinski definition) is 1. The molecule has 0 spiro atoms. The fourth-order valence-electron chi connectivity index (χ4n) is 2.35. The summed E-state index contributed by atoms with van der Waals surface area (Å²) in [5.41, 5.74) is 0. The highest BCUT2D eigenvalue weighted by molar-refractivity contribution is 4.75. The maximum absolute atomic E-state index is 3.28. The van der Waals surface area contributed by atoms with Gasteiger partial charge in [-0.15, -0.1) is 0 Å². The van der Waals surface area contributed by atoms with Gasteiger partial charge in [-0.2, -0.15) is 0 Å². The van der Waals surface area contributed by atoms with Gasteiger partial charge in [0.1, 0.15) is 0 Å². The van der Waals surface area contributed by atoms with E-state index in [-0.39, 0.29) is 0 Å². The van der Waals surface area contributed by atoms with Crippen LogP contribution in [0.4, 0.5) is 0 Å². The van der Waals surface area contributed by atoms with Gasteiger partial charge in [0.25, 0.3) is 0 Å². The van der Waals surface area contributed by atoms with E-state index in [4.69, 9.17) is 0 Å². The van der Waals surface area contributed by atoms with Gasteiger partial charge in [0.2, 0.25) is 0 Å². The van der Waals surface area contributed by atoms with E-state index in [1.807, 2.05) is 0 Å². The minimum absolute atomic E-state index is 0.903. The molecular weight excluding hydrogens is 146 g/mol. The van der Waals surface area contributed by atoms with E-state index in [0.29, 0.717) is 0 Å². The van der Waals surface area contributed by atoms with Crippen molar-refractivity contribution < 1.29 is 0 Å². The standard InChI is InChI=1S/C11H23N/c1-9(2)11-6-4-10(5-7-11)8-12-3/h9-12H,4-8H2,1-3H3/t10-,11+. The van der Waals surface area contributed by atoms with Crippen molar-refractivity contribution in [3.8, 4) is 0 Å². The molecule has 1 N–H and O–H groups in total. The van der Waals surface area contributed by atoms with Crippen molar-refractivity contribution in [3.05, 3.63) is 0 Å².